The quantitative estimate of drug-likeness (QED) is 0.887. The van der Waals surface area contributed by atoms with Gasteiger partial charge >= 0.3 is 0 Å². The number of nitrogens with one attached hydrogen (secondary N) is 1. The van der Waals surface area contributed by atoms with E-state index in [1.54, 1.807) is 11.3 Å². The minimum absolute atomic E-state index is 0.575. The number of benzene rings is 1. The number of thiazole rings is 1. The molecule has 4 nitrogen and oxygen atoms in total. The van der Waals surface area contributed by atoms with E-state index < -0.39 is 0 Å². The normalized spacial score (nSPS) is 16.0. The van der Waals surface area contributed by atoms with Crippen LogP contribution in [0, 0.1) is 0 Å². The summed E-state index contributed by atoms with van der Waals surface area (Å²) in [6, 6.07) is 8.87. The van der Waals surface area contributed by atoms with Crippen molar-refractivity contribution in [2.75, 3.05) is 24.6 Å². The summed E-state index contributed by atoms with van der Waals surface area (Å²) < 4.78 is 5.69. The summed E-state index contributed by atoms with van der Waals surface area (Å²) in [5, 5.41) is 6.88. The molecule has 3 rings (SSSR count). The van der Waals surface area contributed by atoms with Gasteiger partial charge in [0, 0.05) is 42.8 Å². The first kappa shape index (κ1) is 15.3. The zero-order valence-electron chi connectivity index (χ0n) is 13.0. The SMILES string of the molecule is CCOc1ccccc1CNC1CCN(c2nccs2)CC1. The second-order valence-electron chi connectivity index (χ2n) is 5.50. The number of hydrogen-bond acceptors (Lipinski definition) is 5. The lowest BCUT2D eigenvalue weighted by Crippen LogP contribution is -2.42. The monoisotopic (exact) mass is 317 g/mol. The molecular formula is C17H23N3OS. The Morgan fingerprint density at radius 3 is 2.86 bits per heavy atom. The van der Waals surface area contributed by atoms with E-state index in [0.717, 1.165) is 43.4 Å². The van der Waals surface area contributed by atoms with Crippen molar-refractivity contribution in [2.45, 2.75) is 32.4 Å². The molecule has 118 valence electrons. The van der Waals surface area contributed by atoms with Gasteiger partial charge in [-0.3, -0.25) is 0 Å². The van der Waals surface area contributed by atoms with E-state index in [-0.39, 0.29) is 0 Å². The number of nitrogens with zero attached hydrogens (tertiary/aromatic N) is 2. The van der Waals surface area contributed by atoms with Crippen molar-refractivity contribution in [1.82, 2.24) is 10.3 Å². The lowest BCUT2D eigenvalue weighted by atomic mass is 10.0. The highest BCUT2D eigenvalue weighted by Gasteiger charge is 2.20. The molecular weight excluding hydrogens is 294 g/mol. The maximum absolute atomic E-state index is 5.69. The van der Waals surface area contributed by atoms with Gasteiger partial charge in [-0.2, -0.15) is 0 Å². The molecule has 0 bridgehead atoms. The molecule has 0 spiro atoms. The molecule has 0 atom stereocenters. The predicted molar refractivity (Wildman–Crippen MR) is 91.8 cm³/mol. The van der Waals surface area contributed by atoms with E-state index in [1.165, 1.54) is 5.56 Å². The minimum Gasteiger partial charge on any atom is -0.494 e. The van der Waals surface area contributed by atoms with E-state index in [2.05, 4.69) is 27.3 Å². The van der Waals surface area contributed by atoms with Crippen LogP contribution in [-0.2, 0) is 6.54 Å². The number of rotatable bonds is 6. The summed E-state index contributed by atoms with van der Waals surface area (Å²) in [7, 11) is 0. The maximum Gasteiger partial charge on any atom is 0.185 e. The van der Waals surface area contributed by atoms with Gasteiger partial charge in [-0.1, -0.05) is 18.2 Å². The standard InChI is InChI=1S/C17H23N3OS/c1-2-21-16-6-4-3-5-14(16)13-19-15-7-10-20(11-8-15)17-18-9-12-22-17/h3-6,9,12,15,19H,2,7-8,10-11,13H2,1H3. The Labute approximate surface area is 136 Å². The Hall–Kier alpha value is -1.59. The third-order valence-corrected chi connectivity index (χ3v) is 4.87. The zero-order valence-corrected chi connectivity index (χ0v) is 13.8. The molecule has 1 saturated heterocycles. The maximum atomic E-state index is 5.69. The summed E-state index contributed by atoms with van der Waals surface area (Å²) >= 11 is 1.73. The summed E-state index contributed by atoms with van der Waals surface area (Å²) in [6.45, 7) is 5.77. The summed E-state index contributed by atoms with van der Waals surface area (Å²) in [4.78, 5) is 6.78. The lowest BCUT2D eigenvalue weighted by molar-refractivity contribution is 0.333. The van der Waals surface area contributed by atoms with Gasteiger partial charge in [-0.05, 0) is 25.8 Å². The fourth-order valence-electron chi connectivity index (χ4n) is 2.85. The Bertz CT molecular complexity index is 565. The van der Waals surface area contributed by atoms with E-state index in [1.807, 2.05) is 30.6 Å². The van der Waals surface area contributed by atoms with Crippen molar-refractivity contribution in [3.63, 3.8) is 0 Å². The topological polar surface area (TPSA) is 37.4 Å². The third-order valence-electron chi connectivity index (χ3n) is 4.04. The Morgan fingerprint density at radius 2 is 2.14 bits per heavy atom. The lowest BCUT2D eigenvalue weighted by Gasteiger charge is -2.32. The van der Waals surface area contributed by atoms with Crippen molar-refractivity contribution in [3.8, 4) is 5.75 Å². The summed E-state index contributed by atoms with van der Waals surface area (Å²) in [5.74, 6) is 0.998. The highest BCUT2D eigenvalue weighted by atomic mass is 32.1. The molecule has 2 aromatic rings. The van der Waals surface area contributed by atoms with Crippen LogP contribution >= 0.6 is 11.3 Å². The van der Waals surface area contributed by atoms with E-state index >= 15 is 0 Å². The molecule has 0 saturated carbocycles. The van der Waals surface area contributed by atoms with Crippen LogP contribution in [0.4, 0.5) is 5.13 Å². The second kappa shape index (κ2) is 7.61. The number of anilines is 1. The third kappa shape index (κ3) is 3.78. The predicted octanol–water partition coefficient (Wildman–Crippen LogP) is 3.30. The smallest absolute Gasteiger partial charge is 0.185 e. The molecule has 1 aromatic carbocycles. The number of ether oxygens (including phenoxy) is 1. The first-order valence-electron chi connectivity index (χ1n) is 7.95. The van der Waals surface area contributed by atoms with Gasteiger partial charge in [-0.25, -0.2) is 4.98 Å². The number of para-hydroxylation sites is 1. The zero-order chi connectivity index (χ0) is 15.2. The number of aromatic nitrogens is 1. The van der Waals surface area contributed by atoms with Crippen LogP contribution in [0.5, 0.6) is 5.75 Å². The molecule has 0 aliphatic carbocycles. The van der Waals surface area contributed by atoms with Crippen LogP contribution in [0.3, 0.4) is 0 Å². The molecule has 1 fully saturated rings. The van der Waals surface area contributed by atoms with Gasteiger partial charge in [-0.15, -0.1) is 11.3 Å². The average Bonchev–Trinajstić information content (AvgIpc) is 3.09. The van der Waals surface area contributed by atoms with Crippen molar-refractivity contribution in [1.29, 1.82) is 0 Å². The van der Waals surface area contributed by atoms with E-state index in [9.17, 15) is 0 Å². The molecule has 0 unspecified atom stereocenters. The Morgan fingerprint density at radius 1 is 1.32 bits per heavy atom. The van der Waals surface area contributed by atoms with Crippen LogP contribution in [-0.4, -0.2) is 30.7 Å². The first-order chi connectivity index (χ1) is 10.9. The van der Waals surface area contributed by atoms with E-state index in [4.69, 9.17) is 4.74 Å². The summed E-state index contributed by atoms with van der Waals surface area (Å²) in [6.07, 6.45) is 4.21. The first-order valence-corrected chi connectivity index (χ1v) is 8.83. The van der Waals surface area contributed by atoms with Gasteiger partial charge < -0.3 is 15.0 Å². The Kier molecular flexibility index (Phi) is 5.29. The number of piperidine rings is 1. The highest BCUT2D eigenvalue weighted by molar-refractivity contribution is 7.13. The minimum atomic E-state index is 0.575. The van der Waals surface area contributed by atoms with Crippen molar-refractivity contribution >= 4 is 16.5 Å². The van der Waals surface area contributed by atoms with Gasteiger partial charge in [0.15, 0.2) is 5.13 Å². The molecule has 22 heavy (non-hydrogen) atoms. The molecule has 2 heterocycles. The van der Waals surface area contributed by atoms with Crippen LogP contribution in [0.1, 0.15) is 25.3 Å². The average molecular weight is 317 g/mol. The molecule has 1 aromatic heterocycles. The van der Waals surface area contributed by atoms with Crippen molar-refractivity contribution < 1.29 is 4.74 Å². The fourth-order valence-corrected chi connectivity index (χ4v) is 3.54. The second-order valence-corrected chi connectivity index (χ2v) is 6.37. The van der Waals surface area contributed by atoms with Crippen LogP contribution < -0.4 is 15.0 Å². The Balaban J connectivity index is 1.49. The van der Waals surface area contributed by atoms with Gasteiger partial charge in [0.25, 0.3) is 0 Å². The van der Waals surface area contributed by atoms with Crippen LogP contribution in [0.15, 0.2) is 35.8 Å². The largest absolute Gasteiger partial charge is 0.494 e. The van der Waals surface area contributed by atoms with Crippen LogP contribution in [0.2, 0.25) is 0 Å². The van der Waals surface area contributed by atoms with Gasteiger partial charge in [0.05, 0.1) is 6.61 Å². The van der Waals surface area contributed by atoms with Crippen molar-refractivity contribution in [3.05, 3.63) is 41.4 Å². The van der Waals surface area contributed by atoms with Gasteiger partial charge in [0.1, 0.15) is 5.75 Å². The van der Waals surface area contributed by atoms with Crippen LogP contribution in [0.25, 0.3) is 0 Å². The molecule has 0 amide bonds. The van der Waals surface area contributed by atoms with Crippen molar-refractivity contribution in [2.24, 2.45) is 0 Å². The molecule has 0 radical (unpaired) electrons. The summed E-state index contributed by atoms with van der Waals surface area (Å²) in [5.41, 5.74) is 1.24. The number of hydrogen-bond donors (Lipinski definition) is 1. The van der Waals surface area contributed by atoms with Gasteiger partial charge in [0.2, 0.25) is 0 Å². The molecule has 5 heteroatoms. The molecule has 1 N–H and O–H groups in total. The molecule has 1 aliphatic rings. The molecule has 1 aliphatic heterocycles. The fraction of sp³-hybridized carbons (Fsp3) is 0.471. The highest BCUT2D eigenvalue weighted by Crippen LogP contribution is 2.23. The van der Waals surface area contributed by atoms with E-state index in [0.29, 0.717) is 12.6 Å².